The third-order valence-corrected chi connectivity index (χ3v) is 6.08. The van der Waals surface area contributed by atoms with E-state index in [0.717, 1.165) is 12.0 Å². The molecule has 2 saturated carbocycles. The van der Waals surface area contributed by atoms with E-state index in [1.165, 1.54) is 19.1 Å². The van der Waals surface area contributed by atoms with Gasteiger partial charge in [0.2, 0.25) is 0 Å². The van der Waals surface area contributed by atoms with Crippen LogP contribution in [0.4, 0.5) is 10.6 Å². The van der Waals surface area contributed by atoms with Gasteiger partial charge in [0.05, 0.1) is 0 Å². The Labute approximate surface area is 119 Å². The zero-order chi connectivity index (χ0) is 14.5. The Morgan fingerprint density at radius 2 is 2.20 bits per heavy atom. The number of carbonyl (C=O) groups is 1. The fraction of sp³-hybridized carbons (Fsp3) is 0.733. The number of fused-ring (bicyclic) bond motifs is 2. The van der Waals surface area contributed by atoms with Crippen LogP contribution in [0.1, 0.15) is 45.6 Å². The van der Waals surface area contributed by atoms with Gasteiger partial charge in [-0.2, -0.15) is 0 Å². The van der Waals surface area contributed by atoms with Crippen LogP contribution in [-0.4, -0.2) is 17.2 Å². The van der Waals surface area contributed by atoms with E-state index >= 15 is 0 Å². The predicted molar refractivity (Wildman–Crippen MR) is 76.4 cm³/mol. The number of aryl methyl sites for hydroxylation is 1. The number of nitrogens with one attached hydrogen (secondary N) is 2. The molecule has 1 heterocycles. The summed E-state index contributed by atoms with van der Waals surface area (Å²) in [5, 5.41) is 9.68. The third kappa shape index (κ3) is 1.75. The Bertz CT molecular complexity index is 537. The van der Waals surface area contributed by atoms with Crippen LogP contribution in [0.25, 0.3) is 0 Å². The molecule has 0 spiro atoms. The highest BCUT2D eigenvalue weighted by atomic mass is 16.5. The molecule has 2 N–H and O–H groups in total. The molecule has 2 bridgehead atoms. The number of rotatable bonds is 2. The quantitative estimate of drug-likeness (QED) is 0.871. The normalized spacial score (nSPS) is 34.2. The summed E-state index contributed by atoms with van der Waals surface area (Å²) < 4.78 is 4.83. The van der Waals surface area contributed by atoms with E-state index in [4.69, 9.17) is 4.52 Å². The third-order valence-electron chi connectivity index (χ3n) is 6.08. The first-order chi connectivity index (χ1) is 9.34. The maximum absolute atomic E-state index is 12.1. The predicted octanol–water partition coefficient (Wildman–Crippen LogP) is 3.32. The molecule has 0 radical (unpaired) electrons. The molecule has 0 aromatic carbocycles. The van der Waals surface area contributed by atoms with Crippen LogP contribution < -0.4 is 10.6 Å². The van der Waals surface area contributed by atoms with E-state index in [1.54, 1.807) is 0 Å². The molecule has 2 amide bonds. The van der Waals surface area contributed by atoms with Gasteiger partial charge in [0, 0.05) is 11.6 Å². The van der Waals surface area contributed by atoms with Gasteiger partial charge in [0.1, 0.15) is 6.26 Å². The topological polar surface area (TPSA) is 67.2 Å². The number of nitrogens with zero attached hydrogens (tertiary/aromatic N) is 1. The highest BCUT2D eigenvalue weighted by Gasteiger charge is 2.61. The Morgan fingerprint density at radius 1 is 1.45 bits per heavy atom. The van der Waals surface area contributed by atoms with E-state index in [9.17, 15) is 4.79 Å². The first-order valence-electron chi connectivity index (χ1n) is 7.33. The minimum absolute atomic E-state index is 0.184. The highest BCUT2D eigenvalue weighted by molar-refractivity contribution is 5.89. The molecule has 3 rings (SSSR count). The van der Waals surface area contributed by atoms with Crippen LogP contribution >= 0.6 is 0 Å². The van der Waals surface area contributed by atoms with Crippen molar-refractivity contribution in [2.45, 2.75) is 53.0 Å². The maximum Gasteiger partial charge on any atom is 0.320 e. The van der Waals surface area contributed by atoms with Crippen LogP contribution in [0.2, 0.25) is 0 Å². The molecule has 2 fully saturated rings. The zero-order valence-corrected chi connectivity index (χ0v) is 12.6. The van der Waals surface area contributed by atoms with Gasteiger partial charge in [-0.05, 0) is 42.9 Å². The van der Waals surface area contributed by atoms with Gasteiger partial charge in [-0.25, -0.2) is 4.79 Å². The first-order valence-corrected chi connectivity index (χ1v) is 7.33. The molecule has 3 atom stereocenters. The largest absolute Gasteiger partial charge is 0.362 e. The highest BCUT2D eigenvalue weighted by Crippen LogP contribution is 2.65. The molecule has 0 unspecified atom stereocenters. The molecule has 110 valence electrons. The van der Waals surface area contributed by atoms with E-state index in [1.807, 2.05) is 6.92 Å². The number of hydrogen-bond acceptors (Lipinski definition) is 3. The smallest absolute Gasteiger partial charge is 0.320 e. The summed E-state index contributed by atoms with van der Waals surface area (Å²) in [7, 11) is 0. The van der Waals surface area contributed by atoms with E-state index in [-0.39, 0.29) is 17.5 Å². The number of aromatic nitrogens is 1. The number of carbonyl (C=O) groups excluding carboxylic acids is 1. The number of urea groups is 1. The molecule has 0 saturated heterocycles. The fourth-order valence-electron chi connectivity index (χ4n) is 4.13. The second-order valence-corrected chi connectivity index (χ2v) is 7.11. The molecule has 0 aliphatic heterocycles. The van der Waals surface area contributed by atoms with Gasteiger partial charge in [-0.3, -0.25) is 5.32 Å². The molecule has 1 aromatic rings. The molecule has 2 aliphatic rings. The Hall–Kier alpha value is -1.52. The lowest BCUT2D eigenvalue weighted by atomic mass is 9.69. The van der Waals surface area contributed by atoms with Crippen molar-refractivity contribution in [3.05, 3.63) is 11.8 Å². The van der Waals surface area contributed by atoms with Crippen LogP contribution in [0.3, 0.4) is 0 Å². The summed E-state index contributed by atoms with van der Waals surface area (Å²) in [5.41, 5.74) is 1.32. The number of hydrogen-bond donors (Lipinski definition) is 2. The lowest BCUT2D eigenvalue weighted by molar-refractivity contribution is 0.125. The van der Waals surface area contributed by atoms with Crippen molar-refractivity contribution in [3.63, 3.8) is 0 Å². The van der Waals surface area contributed by atoms with Crippen LogP contribution in [0.15, 0.2) is 10.8 Å². The van der Waals surface area contributed by atoms with Crippen molar-refractivity contribution in [1.29, 1.82) is 0 Å². The van der Waals surface area contributed by atoms with E-state index in [0.29, 0.717) is 17.2 Å². The lowest BCUT2D eigenvalue weighted by Crippen LogP contribution is -2.48. The van der Waals surface area contributed by atoms with E-state index in [2.05, 4.69) is 36.6 Å². The van der Waals surface area contributed by atoms with E-state index < -0.39 is 0 Å². The first kappa shape index (κ1) is 13.5. The average Bonchev–Trinajstić information content (AvgIpc) is 2.91. The van der Waals surface area contributed by atoms with Gasteiger partial charge < -0.3 is 9.84 Å². The second-order valence-electron chi connectivity index (χ2n) is 7.11. The van der Waals surface area contributed by atoms with Crippen molar-refractivity contribution >= 4 is 11.8 Å². The molecular formula is C15H23N3O2. The standard InChI is InChI=1S/C15H23N3O2/c1-9-8-20-18-12(9)17-13(19)16-11-7-10-5-6-15(11,4)14(10,2)3/h8,10-11H,5-7H2,1-4H3,(H2,16,17,18,19)/t10-,11+,15-/m1/s1. The summed E-state index contributed by atoms with van der Waals surface area (Å²) >= 11 is 0. The molecule has 5 nitrogen and oxygen atoms in total. The average molecular weight is 277 g/mol. The zero-order valence-electron chi connectivity index (χ0n) is 12.6. The summed E-state index contributed by atoms with van der Waals surface area (Å²) in [6.45, 7) is 8.85. The van der Waals surface area contributed by atoms with Crippen molar-refractivity contribution in [2.75, 3.05) is 5.32 Å². The van der Waals surface area contributed by atoms with Crippen LogP contribution in [-0.2, 0) is 0 Å². The Kier molecular flexibility index (Phi) is 2.85. The summed E-state index contributed by atoms with van der Waals surface area (Å²) in [6.07, 6.45) is 5.08. The van der Waals surface area contributed by atoms with Crippen LogP contribution in [0.5, 0.6) is 0 Å². The van der Waals surface area contributed by atoms with Gasteiger partial charge in [0.25, 0.3) is 0 Å². The van der Waals surface area contributed by atoms with Crippen molar-refractivity contribution in [1.82, 2.24) is 10.5 Å². The summed E-state index contributed by atoms with van der Waals surface area (Å²) in [4.78, 5) is 12.1. The van der Waals surface area contributed by atoms with Crippen LogP contribution in [0, 0.1) is 23.7 Å². The maximum atomic E-state index is 12.1. The van der Waals surface area contributed by atoms with Gasteiger partial charge >= 0.3 is 6.03 Å². The lowest BCUT2D eigenvalue weighted by Gasteiger charge is -2.39. The molecular weight excluding hydrogens is 254 g/mol. The SMILES string of the molecule is Cc1conc1NC(=O)N[C@H]1C[C@H]2CC[C@@]1(C)C2(C)C. The Morgan fingerprint density at radius 3 is 2.70 bits per heavy atom. The fourth-order valence-corrected chi connectivity index (χ4v) is 4.13. The van der Waals surface area contributed by atoms with Crippen molar-refractivity contribution < 1.29 is 9.32 Å². The van der Waals surface area contributed by atoms with Gasteiger partial charge in [-0.15, -0.1) is 0 Å². The Balaban J connectivity index is 1.68. The minimum atomic E-state index is -0.184. The molecule has 2 aliphatic carbocycles. The molecule has 1 aromatic heterocycles. The van der Waals surface area contributed by atoms with Crippen molar-refractivity contribution in [2.24, 2.45) is 16.7 Å². The summed E-state index contributed by atoms with van der Waals surface area (Å²) in [6, 6.07) is 0.0556. The van der Waals surface area contributed by atoms with Crippen molar-refractivity contribution in [3.8, 4) is 0 Å². The monoisotopic (exact) mass is 277 g/mol. The van der Waals surface area contributed by atoms with Gasteiger partial charge in [-0.1, -0.05) is 25.9 Å². The molecule has 5 heteroatoms. The number of anilines is 1. The molecule has 20 heavy (non-hydrogen) atoms. The second kappa shape index (κ2) is 4.24. The van der Waals surface area contributed by atoms with Gasteiger partial charge in [0.15, 0.2) is 5.82 Å². The number of amides is 2. The summed E-state index contributed by atoms with van der Waals surface area (Å²) in [5.74, 6) is 1.21. The minimum Gasteiger partial charge on any atom is -0.362 e.